The summed E-state index contributed by atoms with van der Waals surface area (Å²) >= 11 is 3.51. The van der Waals surface area contributed by atoms with Gasteiger partial charge in [0.15, 0.2) is 0 Å². The van der Waals surface area contributed by atoms with Gasteiger partial charge in [-0.2, -0.15) is 0 Å². The van der Waals surface area contributed by atoms with E-state index >= 15 is 0 Å². The molecule has 0 radical (unpaired) electrons. The van der Waals surface area contributed by atoms with E-state index in [9.17, 15) is 4.79 Å². The third-order valence-corrected chi connectivity index (χ3v) is 3.68. The second-order valence-electron chi connectivity index (χ2n) is 4.30. The minimum Gasteiger partial charge on any atom is -0.494 e. The summed E-state index contributed by atoms with van der Waals surface area (Å²) in [5, 5.41) is 4.86. The molecule has 102 valence electrons. The Morgan fingerprint density at radius 1 is 1.10 bits per heavy atom. The highest BCUT2D eigenvalue weighted by Gasteiger charge is 2.16. The number of amides is 1. The van der Waals surface area contributed by atoms with Gasteiger partial charge in [0.1, 0.15) is 19.5 Å². The largest absolute Gasteiger partial charge is 0.494 e. The Balaban J connectivity index is 1.93. The van der Waals surface area contributed by atoms with Crippen molar-refractivity contribution in [2.75, 3.05) is 18.5 Å². The SMILES string of the molecule is O=C(Nc1ccc(Br)c2ccccc12)C1=COCCO1. The minimum atomic E-state index is -0.308. The van der Waals surface area contributed by atoms with Gasteiger partial charge in [-0.15, -0.1) is 0 Å². The highest BCUT2D eigenvalue weighted by Crippen LogP contribution is 2.30. The van der Waals surface area contributed by atoms with Crippen LogP contribution in [0.3, 0.4) is 0 Å². The molecule has 0 bridgehead atoms. The third kappa shape index (κ3) is 2.49. The van der Waals surface area contributed by atoms with Gasteiger partial charge in [0.25, 0.3) is 5.91 Å². The standard InChI is InChI=1S/C15H12BrNO3/c16-12-5-6-13(11-4-2-1-3-10(11)12)17-15(18)14-9-19-7-8-20-14/h1-6,9H,7-8H2,(H,17,18). The molecule has 0 aromatic heterocycles. The number of nitrogens with one attached hydrogen (secondary N) is 1. The van der Waals surface area contributed by atoms with Crippen LogP contribution in [0.15, 0.2) is 52.9 Å². The molecule has 0 saturated heterocycles. The zero-order valence-corrected chi connectivity index (χ0v) is 12.1. The molecule has 0 atom stereocenters. The van der Waals surface area contributed by atoms with Gasteiger partial charge in [0, 0.05) is 15.5 Å². The first-order valence-electron chi connectivity index (χ1n) is 6.19. The highest BCUT2D eigenvalue weighted by atomic mass is 79.9. The highest BCUT2D eigenvalue weighted by molar-refractivity contribution is 9.10. The van der Waals surface area contributed by atoms with Crippen molar-refractivity contribution in [2.24, 2.45) is 0 Å². The number of benzene rings is 2. The van der Waals surface area contributed by atoms with Crippen LogP contribution in [0.2, 0.25) is 0 Å². The minimum absolute atomic E-state index is 0.197. The number of fused-ring (bicyclic) bond motifs is 1. The number of hydrogen-bond acceptors (Lipinski definition) is 3. The van der Waals surface area contributed by atoms with Crippen molar-refractivity contribution in [3.05, 3.63) is 52.9 Å². The van der Waals surface area contributed by atoms with Crippen molar-refractivity contribution in [3.63, 3.8) is 0 Å². The Morgan fingerprint density at radius 2 is 1.90 bits per heavy atom. The summed E-state index contributed by atoms with van der Waals surface area (Å²) in [6.45, 7) is 0.859. The molecular weight excluding hydrogens is 322 g/mol. The molecule has 5 heteroatoms. The van der Waals surface area contributed by atoms with Crippen molar-refractivity contribution in [1.29, 1.82) is 0 Å². The quantitative estimate of drug-likeness (QED) is 0.915. The molecule has 0 spiro atoms. The van der Waals surface area contributed by atoms with Crippen molar-refractivity contribution in [1.82, 2.24) is 0 Å². The summed E-state index contributed by atoms with van der Waals surface area (Å²) in [6, 6.07) is 11.6. The van der Waals surface area contributed by atoms with Crippen molar-refractivity contribution < 1.29 is 14.3 Å². The average molecular weight is 334 g/mol. The number of halogens is 1. The molecule has 2 aromatic rings. The summed E-state index contributed by atoms with van der Waals surface area (Å²) in [5.74, 6) is -0.111. The first kappa shape index (κ1) is 13.0. The van der Waals surface area contributed by atoms with E-state index in [-0.39, 0.29) is 11.7 Å². The van der Waals surface area contributed by atoms with E-state index in [4.69, 9.17) is 9.47 Å². The smallest absolute Gasteiger partial charge is 0.294 e. The molecule has 1 aliphatic rings. The zero-order valence-electron chi connectivity index (χ0n) is 10.6. The van der Waals surface area contributed by atoms with E-state index in [1.807, 2.05) is 36.4 Å². The Morgan fingerprint density at radius 3 is 2.65 bits per heavy atom. The van der Waals surface area contributed by atoms with Gasteiger partial charge < -0.3 is 14.8 Å². The summed E-state index contributed by atoms with van der Waals surface area (Å²) < 4.78 is 11.3. The van der Waals surface area contributed by atoms with Gasteiger partial charge in [-0.25, -0.2) is 0 Å². The zero-order chi connectivity index (χ0) is 13.9. The van der Waals surface area contributed by atoms with E-state index in [0.29, 0.717) is 13.2 Å². The molecule has 1 aliphatic heterocycles. The van der Waals surface area contributed by atoms with E-state index in [1.165, 1.54) is 6.26 Å². The van der Waals surface area contributed by atoms with Crippen LogP contribution >= 0.6 is 15.9 Å². The lowest BCUT2D eigenvalue weighted by molar-refractivity contribution is -0.117. The Hall–Kier alpha value is -2.01. The molecule has 4 nitrogen and oxygen atoms in total. The molecule has 2 aromatic carbocycles. The first-order valence-corrected chi connectivity index (χ1v) is 6.98. The summed E-state index contributed by atoms with van der Waals surface area (Å²) in [4.78, 5) is 12.1. The predicted octanol–water partition coefficient (Wildman–Crippen LogP) is 3.43. The van der Waals surface area contributed by atoms with Gasteiger partial charge in [0.05, 0.1) is 0 Å². The van der Waals surface area contributed by atoms with Crippen molar-refractivity contribution in [2.45, 2.75) is 0 Å². The van der Waals surface area contributed by atoms with E-state index < -0.39 is 0 Å². The molecular formula is C15H12BrNO3. The van der Waals surface area contributed by atoms with Crippen LogP contribution < -0.4 is 5.32 Å². The topological polar surface area (TPSA) is 47.6 Å². The molecule has 1 heterocycles. The number of carbonyl (C=O) groups excluding carboxylic acids is 1. The maximum absolute atomic E-state index is 12.1. The van der Waals surface area contributed by atoms with Crippen LogP contribution in [-0.2, 0) is 14.3 Å². The van der Waals surface area contributed by atoms with Crippen LogP contribution in [0.1, 0.15) is 0 Å². The van der Waals surface area contributed by atoms with Crippen LogP contribution in [-0.4, -0.2) is 19.1 Å². The molecule has 1 N–H and O–H groups in total. The second-order valence-corrected chi connectivity index (χ2v) is 5.15. The van der Waals surface area contributed by atoms with Crippen LogP contribution in [0.25, 0.3) is 10.8 Å². The van der Waals surface area contributed by atoms with Gasteiger partial charge >= 0.3 is 0 Å². The number of anilines is 1. The molecule has 1 amide bonds. The number of ether oxygens (including phenoxy) is 2. The molecule has 20 heavy (non-hydrogen) atoms. The predicted molar refractivity (Wildman–Crippen MR) is 80.3 cm³/mol. The summed E-state index contributed by atoms with van der Waals surface area (Å²) in [5.41, 5.74) is 0.740. The first-order chi connectivity index (χ1) is 9.75. The third-order valence-electron chi connectivity index (χ3n) is 2.99. The summed E-state index contributed by atoms with van der Waals surface area (Å²) in [7, 11) is 0. The van der Waals surface area contributed by atoms with E-state index in [0.717, 1.165) is 20.9 Å². The average Bonchev–Trinajstić information content (AvgIpc) is 2.51. The van der Waals surface area contributed by atoms with Gasteiger partial charge in [0.2, 0.25) is 5.76 Å². The van der Waals surface area contributed by atoms with Crippen LogP contribution in [0.5, 0.6) is 0 Å². The second kappa shape index (κ2) is 5.54. The van der Waals surface area contributed by atoms with Gasteiger partial charge in [-0.1, -0.05) is 40.2 Å². The van der Waals surface area contributed by atoms with Crippen molar-refractivity contribution in [3.8, 4) is 0 Å². The van der Waals surface area contributed by atoms with Gasteiger partial charge in [-0.3, -0.25) is 4.79 Å². The molecule has 3 rings (SSSR count). The molecule has 0 saturated carbocycles. The lowest BCUT2D eigenvalue weighted by atomic mass is 10.1. The monoisotopic (exact) mass is 333 g/mol. The normalized spacial score (nSPS) is 14.2. The number of carbonyl (C=O) groups is 1. The fraction of sp³-hybridized carbons (Fsp3) is 0.133. The van der Waals surface area contributed by atoms with Crippen LogP contribution in [0.4, 0.5) is 5.69 Å². The lowest BCUT2D eigenvalue weighted by Gasteiger charge is -2.16. The van der Waals surface area contributed by atoms with E-state index in [1.54, 1.807) is 0 Å². The van der Waals surface area contributed by atoms with Gasteiger partial charge in [-0.05, 0) is 17.5 Å². The van der Waals surface area contributed by atoms with E-state index in [2.05, 4.69) is 21.2 Å². The Bertz CT molecular complexity index is 697. The number of rotatable bonds is 2. The van der Waals surface area contributed by atoms with Crippen molar-refractivity contribution >= 4 is 38.3 Å². The molecule has 0 aliphatic carbocycles. The maximum atomic E-state index is 12.1. The molecule has 0 fully saturated rings. The molecule has 0 unspecified atom stereocenters. The lowest BCUT2D eigenvalue weighted by Crippen LogP contribution is -2.21. The number of hydrogen-bond donors (Lipinski definition) is 1. The fourth-order valence-corrected chi connectivity index (χ4v) is 2.52. The Labute approximate surface area is 124 Å². The fourth-order valence-electron chi connectivity index (χ4n) is 2.04. The Kier molecular flexibility index (Phi) is 3.60. The summed E-state index contributed by atoms with van der Waals surface area (Å²) in [6.07, 6.45) is 1.35. The maximum Gasteiger partial charge on any atom is 0.294 e. The van der Waals surface area contributed by atoms with Crippen LogP contribution in [0, 0.1) is 0 Å².